The minimum atomic E-state index is -0.247. The first-order chi connectivity index (χ1) is 14.3. The van der Waals surface area contributed by atoms with Crippen LogP contribution in [0.2, 0.25) is 0 Å². The number of ketones is 1. The maximum atomic E-state index is 13.1. The Kier molecular flexibility index (Phi) is 4.61. The molecule has 0 saturated carbocycles. The highest BCUT2D eigenvalue weighted by molar-refractivity contribution is 9.10. The minimum absolute atomic E-state index is 0.0520. The van der Waals surface area contributed by atoms with Gasteiger partial charge >= 0.3 is 0 Å². The number of ether oxygens (including phenoxy) is 1. The van der Waals surface area contributed by atoms with Crippen LogP contribution in [0, 0.1) is 0 Å². The zero-order valence-electron chi connectivity index (χ0n) is 16.4. The summed E-state index contributed by atoms with van der Waals surface area (Å²) < 4.78 is 8.69. The molecule has 4 aromatic rings. The van der Waals surface area contributed by atoms with Crippen LogP contribution in [-0.2, 0) is 24.3 Å². The Morgan fingerprint density at radius 3 is 2.83 bits per heavy atom. The van der Waals surface area contributed by atoms with E-state index in [1.54, 1.807) is 12.1 Å². The van der Waals surface area contributed by atoms with E-state index in [0.717, 1.165) is 32.4 Å². The standard InChI is InChI=1S/C22H18BrN3O3S/c1-22(2)8-16-13(10-29-22)7-15-18-19(30-20(15)25-16)21(28)26(11-24-18)9-17(27)12-3-5-14(23)6-4-12/h3-7,11H,8-10H2,1-2H3. The summed E-state index contributed by atoms with van der Waals surface area (Å²) in [5.41, 5.74) is 2.77. The molecular formula is C22H18BrN3O3S. The van der Waals surface area contributed by atoms with Crippen molar-refractivity contribution >= 4 is 53.5 Å². The Labute approximate surface area is 184 Å². The summed E-state index contributed by atoms with van der Waals surface area (Å²) >= 11 is 4.69. The van der Waals surface area contributed by atoms with E-state index < -0.39 is 0 Å². The van der Waals surface area contributed by atoms with Crippen LogP contribution >= 0.6 is 27.3 Å². The van der Waals surface area contributed by atoms with Gasteiger partial charge in [0.15, 0.2) is 5.78 Å². The number of thiophene rings is 1. The lowest BCUT2D eigenvalue weighted by Crippen LogP contribution is -2.32. The van der Waals surface area contributed by atoms with Crippen molar-refractivity contribution < 1.29 is 9.53 Å². The second kappa shape index (κ2) is 7.08. The van der Waals surface area contributed by atoms with Gasteiger partial charge in [-0.05, 0) is 32.0 Å². The van der Waals surface area contributed by atoms with Crippen LogP contribution in [-0.4, -0.2) is 25.9 Å². The van der Waals surface area contributed by atoms with Crippen molar-refractivity contribution in [1.29, 1.82) is 0 Å². The number of pyridine rings is 1. The number of Topliss-reactive ketones (excluding diaryl/α,β-unsaturated/α-hetero) is 1. The molecule has 0 unspecified atom stereocenters. The van der Waals surface area contributed by atoms with E-state index in [0.29, 0.717) is 22.4 Å². The van der Waals surface area contributed by atoms with Gasteiger partial charge in [0.2, 0.25) is 0 Å². The van der Waals surface area contributed by atoms with Gasteiger partial charge in [-0.3, -0.25) is 14.2 Å². The number of carbonyl (C=O) groups is 1. The molecule has 0 N–H and O–H groups in total. The van der Waals surface area contributed by atoms with Crippen LogP contribution in [0.15, 0.2) is 45.9 Å². The summed E-state index contributed by atoms with van der Waals surface area (Å²) in [6, 6.07) is 9.13. The van der Waals surface area contributed by atoms with Crippen molar-refractivity contribution in [2.24, 2.45) is 0 Å². The van der Waals surface area contributed by atoms with Crippen molar-refractivity contribution in [2.75, 3.05) is 0 Å². The summed E-state index contributed by atoms with van der Waals surface area (Å²) in [4.78, 5) is 35.8. The van der Waals surface area contributed by atoms with Crippen LogP contribution < -0.4 is 5.56 Å². The molecule has 6 nitrogen and oxygen atoms in total. The second-order valence-corrected chi connectivity index (χ2v) is 9.97. The molecule has 3 aromatic heterocycles. The molecule has 4 heterocycles. The lowest BCUT2D eigenvalue weighted by Gasteiger charge is -2.30. The fourth-order valence-corrected chi connectivity index (χ4v) is 5.01. The predicted octanol–water partition coefficient (Wildman–Crippen LogP) is 4.50. The smallest absolute Gasteiger partial charge is 0.271 e. The van der Waals surface area contributed by atoms with Gasteiger partial charge in [0.05, 0.1) is 36.3 Å². The van der Waals surface area contributed by atoms with Crippen LogP contribution in [0.25, 0.3) is 20.4 Å². The molecule has 0 atom stereocenters. The van der Waals surface area contributed by atoms with Crippen LogP contribution in [0.5, 0.6) is 0 Å². The first kappa shape index (κ1) is 19.5. The largest absolute Gasteiger partial charge is 0.370 e. The number of halogens is 1. The first-order valence-corrected chi connectivity index (χ1v) is 11.1. The highest BCUT2D eigenvalue weighted by atomic mass is 79.9. The van der Waals surface area contributed by atoms with Gasteiger partial charge in [-0.15, -0.1) is 11.3 Å². The number of carbonyl (C=O) groups excluding carboxylic acids is 1. The maximum Gasteiger partial charge on any atom is 0.271 e. The molecule has 8 heteroatoms. The summed E-state index contributed by atoms with van der Waals surface area (Å²) in [7, 11) is 0. The molecule has 0 amide bonds. The zero-order valence-corrected chi connectivity index (χ0v) is 18.8. The van der Waals surface area contributed by atoms with Crippen LogP contribution in [0.1, 0.15) is 35.5 Å². The minimum Gasteiger partial charge on any atom is -0.370 e. The van der Waals surface area contributed by atoms with E-state index in [1.807, 2.05) is 18.2 Å². The average molecular weight is 484 g/mol. The van der Waals surface area contributed by atoms with Gasteiger partial charge in [0.1, 0.15) is 9.53 Å². The van der Waals surface area contributed by atoms with Gasteiger partial charge in [-0.1, -0.05) is 28.1 Å². The monoisotopic (exact) mass is 483 g/mol. The molecular weight excluding hydrogens is 466 g/mol. The van der Waals surface area contributed by atoms with E-state index in [1.165, 1.54) is 22.2 Å². The Morgan fingerprint density at radius 1 is 1.30 bits per heavy atom. The number of nitrogens with zero attached hydrogens (tertiary/aromatic N) is 3. The van der Waals surface area contributed by atoms with Crippen molar-refractivity contribution in [2.45, 2.75) is 39.0 Å². The molecule has 30 heavy (non-hydrogen) atoms. The molecule has 0 spiro atoms. The normalized spacial score (nSPS) is 15.4. The number of hydrogen-bond donors (Lipinski definition) is 0. The number of hydrogen-bond acceptors (Lipinski definition) is 6. The van der Waals surface area contributed by atoms with Crippen LogP contribution in [0.3, 0.4) is 0 Å². The number of benzene rings is 1. The Bertz CT molecular complexity index is 1370. The van der Waals surface area contributed by atoms with E-state index in [9.17, 15) is 9.59 Å². The molecule has 5 rings (SSSR count). The lowest BCUT2D eigenvalue weighted by molar-refractivity contribution is -0.0411. The molecule has 0 fully saturated rings. The third kappa shape index (κ3) is 3.38. The molecule has 1 aromatic carbocycles. The molecule has 0 aliphatic carbocycles. The van der Waals surface area contributed by atoms with Crippen molar-refractivity contribution in [3.63, 3.8) is 0 Å². The van der Waals surface area contributed by atoms with E-state index in [-0.39, 0.29) is 23.5 Å². The Balaban J connectivity index is 1.55. The van der Waals surface area contributed by atoms with Crippen molar-refractivity contribution in [3.05, 3.63) is 68.3 Å². The summed E-state index contributed by atoms with van der Waals surface area (Å²) in [6.07, 6.45) is 2.18. The first-order valence-electron chi connectivity index (χ1n) is 9.54. The number of rotatable bonds is 3. The van der Waals surface area contributed by atoms with Crippen molar-refractivity contribution in [3.8, 4) is 0 Å². The topological polar surface area (TPSA) is 74.1 Å². The Morgan fingerprint density at radius 2 is 2.07 bits per heavy atom. The second-order valence-electron chi connectivity index (χ2n) is 8.06. The maximum absolute atomic E-state index is 13.1. The van der Waals surface area contributed by atoms with Crippen molar-refractivity contribution in [1.82, 2.24) is 14.5 Å². The highest BCUT2D eigenvalue weighted by Crippen LogP contribution is 2.34. The molecule has 1 aliphatic heterocycles. The zero-order chi connectivity index (χ0) is 21.0. The third-order valence-corrected chi connectivity index (χ3v) is 6.90. The number of fused-ring (bicyclic) bond motifs is 4. The SMILES string of the molecule is CC1(C)Cc2nc3sc4c(=O)n(CC(=O)c5ccc(Br)cc5)cnc4c3cc2CO1. The summed E-state index contributed by atoms with van der Waals surface area (Å²) in [5, 5.41) is 0.862. The molecule has 0 radical (unpaired) electrons. The van der Waals surface area contributed by atoms with Gasteiger partial charge in [0, 0.05) is 27.4 Å². The number of aromatic nitrogens is 3. The third-order valence-electron chi connectivity index (χ3n) is 5.30. The van der Waals surface area contributed by atoms with Gasteiger partial charge in [0.25, 0.3) is 5.56 Å². The quantitative estimate of drug-likeness (QED) is 0.401. The summed E-state index contributed by atoms with van der Waals surface area (Å²) in [5.74, 6) is -0.139. The van der Waals surface area contributed by atoms with Crippen LogP contribution in [0.4, 0.5) is 0 Å². The van der Waals surface area contributed by atoms with E-state index in [4.69, 9.17) is 9.72 Å². The van der Waals surface area contributed by atoms with Gasteiger partial charge in [-0.2, -0.15) is 0 Å². The highest BCUT2D eigenvalue weighted by Gasteiger charge is 2.28. The fourth-order valence-electron chi connectivity index (χ4n) is 3.67. The molecule has 152 valence electrons. The predicted molar refractivity (Wildman–Crippen MR) is 120 cm³/mol. The van der Waals surface area contributed by atoms with Gasteiger partial charge in [-0.25, -0.2) is 9.97 Å². The molecule has 0 bridgehead atoms. The lowest BCUT2D eigenvalue weighted by atomic mass is 9.95. The van der Waals surface area contributed by atoms with E-state index in [2.05, 4.69) is 34.8 Å². The fraction of sp³-hybridized carbons (Fsp3) is 0.273. The van der Waals surface area contributed by atoms with Gasteiger partial charge < -0.3 is 4.74 Å². The van der Waals surface area contributed by atoms with E-state index >= 15 is 0 Å². The molecule has 0 saturated heterocycles. The summed E-state index contributed by atoms with van der Waals surface area (Å²) in [6.45, 7) is 4.55. The average Bonchev–Trinajstić information content (AvgIpc) is 3.06. The molecule has 1 aliphatic rings. The Hall–Kier alpha value is -2.42.